The maximum Gasteiger partial charge on any atom is 0.227 e. The van der Waals surface area contributed by atoms with Crippen LogP contribution in [0.4, 0.5) is 5.69 Å². The fraction of sp³-hybridized carbons (Fsp3) is 0.462. The molecule has 1 amide bonds. The number of anilines is 1. The molecule has 3 N–H and O–H groups in total. The lowest BCUT2D eigenvalue weighted by Gasteiger charge is -2.10. The highest BCUT2D eigenvalue weighted by Crippen LogP contribution is 2.25. The number of carbonyl (C=O) groups excluding carboxylic acids is 1. The summed E-state index contributed by atoms with van der Waals surface area (Å²) < 4.78 is 0. The molecular weight excluding hydrogens is 236 g/mol. The van der Waals surface area contributed by atoms with E-state index in [0.717, 1.165) is 24.1 Å². The monoisotopic (exact) mass is 254 g/mol. The molecule has 0 aliphatic heterocycles. The van der Waals surface area contributed by atoms with E-state index in [1.54, 1.807) is 0 Å². The first kappa shape index (κ1) is 14.0. The molecule has 0 bridgehead atoms. The van der Waals surface area contributed by atoms with Crippen LogP contribution in [-0.2, 0) is 11.3 Å². The van der Waals surface area contributed by atoms with Gasteiger partial charge < -0.3 is 11.1 Å². The Hall–Kier alpha value is -1.06. The molecule has 1 aromatic carbocycles. The summed E-state index contributed by atoms with van der Waals surface area (Å²) in [5, 5.41) is 2.96. The highest BCUT2D eigenvalue weighted by atomic mass is 35.5. The van der Waals surface area contributed by atoms with Crippen molar-refractivity contribution in [1.29, 1.82) is 0 Å². The van der Waals surface area contributed by atoms with Gasteiger partial charge in [-0.15, -0.1) is 12.4 Å². The van der Waals surface area contributed by atoms with Gasteiger partial charge in [-0.2, -0.15) is 0 Å². The second-order valence-corrected chi connectivity index (χ2v) is 4.37. The number of nitrogens with one attached hydrogen (secondary N) is 1. The predicted octanol–water partition coefficient (Wildman–Crippen LogP) is 2.70. The van der Waals surface area contributed by atoms with Gasteiger partial charge in [-0.1, -0.05) is 25.0 Å². The van der Waals surface area contributed by atoms with Gasteiger partial charge in [-0.05, 0) is 30.5 Å². The maximum absolute atomic E-state index is 11.8. The molecule has 2 rings (SSSR count). The second-order valence-electron chi connectivity index (χ2n) is 4.37. The highest BCUT2D eigenvalue weighted by Gasteiger charge is 2.22. The minimum absolute atomic E-state index is 0. The number of hydrogen-bond donors (Lipinski definition) is 2. The van der Waals surface area contributed by atoms with Crippen LogP contribution in [-0.4, -0.2) is 5.91 Å². The third-order valence-electron chi connectivity index (χ3n) is 3.18. The first-order chi connectivity index (χ1) is 7.79. The van der Waals surface area contributed by atoms with E-state index in [2.05, 4.69) is 5.32 Å². The van der Waals surface area contributed by atoms with Crippen molar-refractivity contribution in [2.45, 2.75) is 32.2 Å². The molecule has 0 spiro atoms. The second kappa shape index (κ2) is 6.62. The number of hydrogen-bond acceptors (Lipinski definition) is 2. The van der Waals surface area contributed by atoms with Crippen molar-refractivity contribution < 1.29 is 4.79 Å². The summed E-state index contributed by atoms with van der Waals surface area (Å²) in [6.45, 7) is 0.539. The molecule has 0 heterocycles. The molecule has 94 valence electrons. The molecule has 1 saturated carbocycles. The van der Waals surface area contributed by atoms with Gasteiger partial charge in [0.15, 0.2) is 0 Å². The van der Waals surface area contributed by atoms with Crippen LogP contribution in [0.25, 0.3) is 0 Å². The SMILES string of the molecule is Cl.NCc1ccc(NC(=O)C2CCCC2)cc1. The molecule has 0 atom stereocenters. The molecule has 1 aliphatic carbocycles. The van der Waals surface area contributed by atoms with Gasteiger partial charge in [0, 0.05) is 18.2 Å². The zero-order valence-electron chi connectivity index (χ0n) is 9.82. The maximum atomic E-state index is 11.8. The van der Waals surface area contributed by atoms with Crippen LogP contribution in [0.3, 0.4) is 0 Å². The van der Waals surface area contributed by atoms with Crippen LogP contribution >= 0.6 is 12.4 Å². The van der Waals surface area contributed by atoms with Crippen LogP contribution in [0.2, 0.25) is 0 Å². The fourth-order valence-corrected chi connectivity index (χ4v) is 2.16. The van der Waals surface area contributed by atoms with Crippen molar-refractivity contribution in [2.75, 3.05) is 5.32 Å². The Morgan fingerprint density at radius 3 is 2.35 bits per heavy atom. The Morgan fingerprint density at radius 1 is 1.24 bits per heavy atom. The lowest BCUT2D eigenvalue weighted by molar-refractivity contribution is -0.119. The minimum Gasteiger partial charge on any atom is -0.326 e. The van der Waals surface area contributed by atoms with Crippen molar-refractivity contribution >= 4 is 24.0 Å². The first-order valence-corrected chi connectivity index (χ1v) is 5.89. The molecule has 1 fully saturated rings. The molecular formula is C13H19ClN2O. The van der Waals surface area contributed by atoms with E-state index in [4.69, 9.17) is 5.73 Å². The Labute approximate surface area is 108 Å². The van der Waals surface area contributed by atoms with E-state index < -0.39 is 0 Å². The van der Waals surface area contributed by atoms with Gasteiger partial charge in [-0.3, -0.25) is 4.79 Å². The van der Waals surface area contributed by atoms with Crippen LogP contribution in [0.1, 0.15) is 31.2 Å². The molecule has 0 unspecified atom stereocenters. The van der Waals surface area contributed by atoms with Crippen molar-refractivity contribution in [2.24, 2.45) is 11.7 Å². The third-order valence-corrected chi connectivity index (χ3v) is 3.18. The average molecular weight is 255 g/mol. The Morgan fingerprint density at radius 2 is 1.82 bits per heavy atom. The summed E-state index contributed by atoms with van der Waals surface area (Å²) in [5.41, 5.74) is 7.47. The summed E-state index contributed by atoms with van der Waals surface area (Å²) in [5.74, 6) is 0.382. The van der Waals surface area contributed by atoms with Crippen molar-refractivity contribution in [3.8, 4) is 0 Å². The third kappa shape index (κ3) is 3.72. The minimum atomic E-state index is 0. The van der Waals surface area contributed by atoms with Gasteiger partial charge in [0.05, 0.1) is 0 Å². The van der Waals surface area contributed by atoms with Crippen LogP contribution in [0, 0.1) is 5.92 Å². The first-order valence-electron chi connectivity index (χ1n) is 5.89. The lowest BCUT2D eigenvalue weighted by atomic mass is 10.1. The van der Waals surface area contributed by atoms with Gasteiger partial charge >= 0.3 is 0 Å². The van der Waals surface area contributed by atoms with Crippen molar-refractivity contribution in [3.05, 3.63) is 29.8 Å². The summed E-state index contributed by atoms with van der Waals surface area (Å²) in [6, 6.07) is 7.72. The standard InChI is InChI=1S/C13H18N2O.ClH/c14-9-10-5-7-12(8-6-10)15-13(16)11-3-1-2-4-11;/h5-8,11H,1-4,9,14H2,(H,15,16);1H. The Balaban J connectivity index is 0.00000144. The number of carbonyl (C=O) groups is 1. The topological polar surface area (TPSA) is 55.1 Å². The van der Waals surface area contributed by atoms with Gasteiger partial charge in [-0.25, -0.2) is 0 Å². The molecule has 1 aliphatic rings. The molecule has 17 heavy (non-hydrogen) atoms. The Kier molecular flexibility index (Phi) is 5.45. The smallest absolute Gasteiger partial charge is 0.227 e. The molecule has 0 radical (unpaired) electrons. The van der Waals surface area contributed by atoms with E-state index in [9.17, 15) is 4.79 Å². The van der Waals surface area contributed by atoms with E-state index in [-0.39, 0.29) is 24.2 Å². The molecule has 3 nitrogen and oxygen atoms in total. The van der Waals surface area contributed by atoms with Crippen LogP contribution < -0.4 is 11.1 Å². The van der Waals surface area contributed by atoms with E-state index >= 15 is 0 Å². The van der Waals surface area contributed by atoms with E-state index in [1.165, 1.54) is 12.8 Å². The molecule has 0 aromatic heterocycles. The average Bonchev–Trinajstić information content (AvgIpc) is 2.83. The summed E-state index contributed by atoms with van der Waals surface area (Å²) in [6.07, 6.45) is 4.44. The quantitative estimate of drug-likeness (QED) is 0.871. The lowest BCUT2D eigenvalue weighted by Crippen LogP contribution is -2.20. The zero-order valence-corrected chi connectivity index (χ0v) is 10.6. The fourth-order valence-electron chi connectivity index (χ4n) is 2.16. The summed E-state index contributed by atoms with van der Waals surface area (Å²) in [4.78, 5) is 11.8. The largest absolute Gasteiger partial charge is 0.326 e. The number of amides is 1. The van der Waals surface area contributed by atoms with Crippen LogP contribution in [0.15, 0.2) is 24.3 Å². The predicted molar refractivity (Wildman–Crippen MR) is 72.2 cm³/mol. The number of rotatable bonds is 3. The normalized spacial score (nSPS) is 15.4. The van der Waals surface area contributed by atoms with Gasteiger partial charge in [0.1, 0.15) is 0 Å². The zero-order chi connectivity index (χ0) is 11.4. The van der Waals surface area contributed by atoms with Crippen molar-refractivity contribution in [3.63, 3.8) is 0 Å². The number of nitrogens with two attached hydrogens (primary N) is 1. The van der Waals surface area contributed by atoms with Crippen molar-refractivity contribution in [1.82, 2.24) is 0 Å². The Bertz CT molecular complexity index is 358. The summed E-state index contributed by atoms with van der Waals surface area (Å²) in [7, 11) is 0. The highest BCUT2D eigenvalue weighted by molar-refractivity contribution is 5.92. The molecule has 1 aromatic rings. The van der Waals surface area contributed by atoms with Gasteiger partial charge in [0.2, 0.25) is 5.91 Å². The number of benzene rings is 1. The summed E-state index contributed by atoms with van der Waals surface area (Å²) >= 11 is 0. The van der Waals surface area contributed by atoms with E-state index in [0.29, 0.717) is 6.54 Å². The van der Waals surface area contributed by atoms with Crippen LogP contribution in [0.5, 0.6) is 0 Å². The molecule has 0 saturated heterocycles. The molecule has 4 heteroatoms. The number of halogens is 1. The van der Waals surface area contributed by atoms with E-state index in [1.807, 2.05) is 24.3 Å². The van der Waals surface area contributed by atoms with Gasteiger partial charge in [0.25, 0.3) is 0 Å².